The normalized spacial score (nSPS) is 10.5. The molecule has 0 amide bonds. The number of carboxylic acid groups (broad SMARTS) is 1. The lowest BCUT2D eigenvalue weighted by atomic mass is 10.4. The molecule has 0 spiro atoms. The molecule has 0 aliphatic heterocycles. The minimum absolute atomic E-state index is 0.479. The van der Waals surface area contributed by atoms with E-state index in [-0.39, 0.29) is 0 Å². The van der Waals surface area contributed by atoms with Crippen LogP contribution in [0.5, 0.6) is 5.88 Å². The topological polar surface area (TPSA) is 75.2 Å². The molecule has 0 atom stereocenters. The molecule has 5 nitrogen and oxygen atoms in total. The number of H-pyrrole nitrogens is 1. The number of ether oxygens (including phenoxy) is 1. The fourth-order valence-electron chi connectivity index (χ4n) is 0.616. The molecule has 0 aromatic carbocycles. The van der Waals surface area contributed by atoms with E-state index < -0.39 is 29.2 Å². The predicted molar refractivity (Wildman–Crippen MR) is 37.2 cm³/mol. The molecular weight excluding hydrogens is 210 g/mol. The number of aromatic amines is 1. The molecule has 0 saturated carbocycles. The molecule has 0 aliphatic rings. The molecule has 1 aromatic heterocycles. The van der Waals surface area contributed by atoms with Gasteiger partial charge in [-0.3, -0.25) is 5.10 Å². The van der Waals surface area contributed by atoms with Crippen LogP contribution < -0.4 is 4.74 Å². The monoisotopic (exact) mass is 212 g/mol. The van der Waals surface area contributed by atoms with Crippen molar-refractivity contribution in [3.63, 3.8) is 0 Å². The minimum Gasteiger partial charge on any atom is -0.476 e. The summed E-state index contributed by atoms with van der Waals surface area (Å²) >= 11 is 5.33. The van der Waals surface area contributed by atoms with E-state index in [0.29, 0.717) is 0 Å². The number of rotatable bonds is 3. The van der Waals surface area contributed by atoms with Gasteiger partial charge in [0.2, 0.25) is 0 Å². The van der Waals surface area contributed by atoms with Crippen molar-refractivity contribution in [2.24, 2.45) is 0 Å². The van der Waals surface area contributed by atoms with E-state index in [1.165, 1.54) is 0 Å². The molecule has 8 heteroatoms. The molecule has 0 fully saturated rings. The Morgan fingerprint density at radius 1 is 1.69 bits per heavy atom. The third kappa shape index (κ3) is 2.05. The van der Waals surface area contributed by atoms with Crippen LogP contribution in [-0.2, 0) is 0 Å². The number of carbonyl (C=O) groups is 1. The first-order valence-corrected chi connectivity index (χ1v) is 3.32. The van der Waals surface area contributed by atoms with Gasteiger partial charge in [0.05, 0.1) is 0 Å². The van der Waals surface area contributed by atoms with Crippen LogP contribution in [0.4, 0.5) is 8.78 Å². The van der Waals surface area contributed by atoms with Crippen molar-refractivity contribution in [3.8, 4) is 5.88 Å². The van der Waals surface area contributed by atoms with Gasteiger partial charge in [-0.05, 0) is 0 Å². The van der Waals surface area contributed by atoms with E-state index >= 15 is 0 Å². The fraction of sp³-hybridized carbons (Fsp3) is 0.200. The Bertz CT molecular complexity index is 328. The van der Waals surface area contributed by atoms with Crippen LogP contribution in [0.3, 0.4) is 0 Å². The largest absolute Gasteiger partial charge is 0.476 e. The molecule has 0 radical (unpaired) electrons. The second-order valence-corrected chi connectivity index (χ2v) is 2.28. The van der Waals surface area contributed by atoms with E-state index in [0.717, 1.165) is 0 Å². The van der Waals surface area contributed by atoms with E-state index in [9.17, 15) is 13.6 Å². The van der Waals surface area contributed by atoms with Gasteiger partial charge in [0, 0.05) is 0 Å². The summed E-state index contributed by atoms with van der Waals surface area (Å²) in [6.07, 6.45) is 0. The highest BCUT2D eigenvalue weighted by atomic mass is 35.5. The summed E-state index contributed by atoms with van der Waals surface area (Å²) in [6, 6.07) is 0. The number of aromatic nitrogens is 2. The Morgan fingerprint density at radius 3 is 2.69 bits per heavy atom. The average molecular weight is 213 g/mol. The van der Waals surface area contributed by atoms with Crippen LogP contribution in [0, 0.1) is 0 Å². The second kappa shape index (κ2) is 3.56. The van der Waals surface area contributed by atoms with Crippen LogP contribution in [0.1, 0.15) is 10.5 Å². The molecule has 0 bridgehead atoms. The van der Waals surface area contributed by atoms with Crippen molar-refractivity contribution in [2.75, 3.05) is 0 Å². The van der Waals surface area contributed by atoms with Crippen molar-refractivity contribution in [3.05, 3.63) is 10.7 Å². The van der Waals surface area contributed by atoms with Crippen molar-refractivity contribution >= 4 is 17.6 Å². The Labute approximate surface area is 75.3 Å². The predicted octanol–water partition coefficient (Wildman–Crippen LogP) is 1.36. The Balaban J connectivity index is 2.93. The van der Waals surface area contributed by atoms with Gasteiger partial charge in [0.25, 0.3) is 5.88 Å². The first-order valence-electron chi connectivity index (χ1n) is 2.94. The number of hydrogen-bond acceptors (Lipinski definition) is 3. The second-order valence-electron chi connectivity index (χ2n) is 1.90. The summed E-state index contributed by atoms with van der Waals surface area (Å²) in [5, 5.41) is 13.0. The molecular formula is C5H3ClF2N2O3. The molecule has 1 heterocycles. The number of alkyl halides is 2. The summed E-state index contributed by atoms with van der Waals surface area (Å²) in [5.41, 5.74) is -0.489. The van der Waals surface area contributed by atoms with Crippen molar-refractivity contribution < 1.29 is 23.4 Å². The standard InChI is InChI=1S/C5H3ClF2N2O3/c6-1-2(4(11)12)9-10-3(1)13-5(7)8/h5H,(H,9,10)(H,11,12). The molecule has 1 rings (SSSR count). The highest BCUT2D eigenvalue weighted by Crippen LogP contribution is 2.26. The number of aromatic carboxylic acids is 1. The lowest BCUT2D eigenvalue weighted by Crippen LogP contribution is -2.02. The van der Waals surface area contributed by atoms with Gasteiger partial charge in [-0.25, -0.2) is 4.79 Å². The molecule has 0 aliphatic carbocycles. The summed E-state index contributed by atoms with van der Waals surface area (Å²) in [4.78, 5) is 10.3. The van der Waals surface area contributed by atoms with Gasteiger partial charge >= 0.3 is 12.6 Å². The number of nitrogens with zero attached hydrogens (tertiary/aromatic N) is 1. The zero-order valence-corrected chi connectivity index (χ0v) is 6.68. The van der Waals surface area contributed by atoms with Gasteiger partial charge in [0.15, 0.2) is 5.69 Å². The van der Waals surface area contributed by atoms with Gasteiger partial charge in [-0.1, -0.05) is 11.6 Å². The molecule has 72 valence electrons. The van der Waals surface area contributed by atoms with E-state index in [2.05, 4.69) is 9.84 Å². The number of nitrogens with one attached hydrogen (secondary N) is 1. The fourth-order valence-corrected chi connectivity index (χ4v) is 0.826. The van der Waals surface area contributed by atoms with Crippen LogP contribution in [0.25, 0.3) is 0 Å². The summed E-state index contributed by atoms with van der Waals surface area (Å²) < 4.78 is 27.1. The number of carboxylic acids is 1. The number of hydrogen-bond donors (Lipinski definition) is 2. The first-order chi connectivity index (χ1) is 6.02. The third-order valence-electron chi connectivity index (χ3n) is 1.09. The van der Waals surface area contributed by atoms with Crippen LogP contribution in [0.2, 0.25) is 5.02 Å². The molecule has 0 unspecified atom stereocenters. The maximum atomic E-state index is 11.6. The Hall–Kier alpha value is -1.37. The quantitative estimate of drug-likeness (QED) is 0.793. The SMILES string of the molecule is O=C(O)c1[nH]nc(OC(F)F)c1Cl. The smallest absolute Gasteiger partial charge is 0.388 e. The summed E-state index contributed by atoms with van der Waals surface area (Å²) in [5.74, 6) is -2.03. The van der Waals surface area contributed by atoms with E-state index in [4.69, 9.17) is 16.7 Å². The first kappa shape index (κ1) is 9.72. The molecule has 2 N–H and O–H groups in total. The van der Waals surface area contributed by atoms with Gasteiger partial charge in [0.1, 0.15) is 5.02 Å². The highest BCUT2D eigenvalue weighted by molar-refractivity contribution is 6.34. The van der Waals surface area contributed by atoms with Crippen LogP contribution in [-0.4, -0.2) is 27.9 Å². The molecule has 1 aromatic rings. The minimum atomic E-state index is -3.09. The maximum absolute atomic E-state index is 11.6. The molecule has 13 heavy (non-hydrogen) atoms. The lowest BCUT2D eigenvalue weighted by Gasteiger charge is -1.98. The average Bonchev–Trinajstić information content (AvgIpc) is 2.32. The molecule has 0 saturated heterocycles. The van der Waals surface area contributed by atoms with Crippen molar-refractivity contribution in [1.82, 2.24) is 10.2 Å². The zero-order chi connectivity index (χ0) is 10.0. The highest BCUT2D eigenvalue weighted by Gasteiger charge is 2.19. The van der Waals surface area contributed by atoms with Crippen molar-refractivity contribution in [2.45, 2.75) is 6.61 Å². The Morgan fingerprint density at radius 2 is 2.31 bits per heavy atom. The van der Waals surface area contributed by atoms with Crippen LogP contribution >= 0.6 is 11.6 Å². The number of halogens is 3. The summed E-state index contributed by atoms with van der Waals surface area (Å²) in [7, 11) is 0. The van der Waals surface area contributed by atoms with Gasteiger partial charge in [-0.15, -0.1) is 5.10 Å². The Kier molecular flexibility index (Phi) is 2.66. The lowest BCUT2D eigenvalue weighted by molar-refractivity contribution is -0.0528. The van der Waals surface area contributed by atoms with Crippen molar-refractivity contribution in [1.29, 1.82) is 0 Å². The van der Waals surface area contributed by atoms with E-state index in [1.54, 1.807) is 0 Å². The zero-order valence-electron chi connectivity index (χ0n) is 5.92. The maximum Gasteiger partial charge on any atom is 0.388 e. The van der Waals surface area contributed by atoms with Gasteiger partial charge in [-0.2, -0.15) is 8.78 Å². The van der Waals surface area contributed by atoms with Gasteiger partial charge < -0.3 is 9.84 Å². The van der Waals surface area contributed by atoms with Crippen LogP contribution in [0.15, 0.2) is 0 Å². The van der Waals surface area contributed by atoms with E-state index in [1.807, 2.05) is 5.10 Å². The summed E-state index contributed by atoms with van der Waals surface area (Å²) in [6.45, 7) is -3.09. The third-order valence-corrected chi connectivity index (χ3v) is 1.44.